The summed E-state index contributed by atoms with van der Waals surface area (Å²) in [5.41, 5.74) is 10.2. The molecule has 10 aromatic heterocycles. The number of Topliss-reactive ketones (excluding diaryl/α,β-unsaturated/α-hetero) is 5. The van der Waals surface area contributed by atoms with E-state index >= 15 is 0 Å². The Hall–Kier alpha value is -13.8. The number of carbonyl (C=O) groups excluding carboxylic acids is 5. The van der Waals surface area contributed by atoms with E-state index in [1.807, 2.05) is 236 Å². The molecule has 0 spiro atoms. The summed E-state index contributed by atoms with van der Waals surface area (Å²) in [7, 11) is 0. The third kappa shape index (κ3) is 13.1. The Bertz CT molecular complexity index is 6910. The number of hydrogen-bond donors (Lipinski definition) is 5. The van der Waals surface area contributed by atoms with Crippen molar-refractivity contribution < 1.29 is 49.5 Å². The quantitative estimate of drug-likeness (QED) is 0.107. The lowest BCUT2D eigenvalue weighted by Crippen LogP contribution is -2.48. The summed E-state index contributed by atoms with van der Waals surface area (Å²) in [5, 5.41) is 69.9. The number of rotatable bonds is 5. The number of nitrogens with zero attached hydrogens (tertiary/aromatic N) is 18. The minimum absolute atomic E-state index is 0.252. The number of amidine groups is 5. The highest BCUT2D eigenvalue weighted by molar-refractivity contribution is 7.23. The molecule has 15 aromatic rings. The first-order valence-corrected chi connectivity index (χ1v) is 44.1. The van der Waals surface area contributed by atoms with Crippen LogP contribution in [0.1, 0.15) is 123 Å². The molecule has 0 radical (unpaired) electrons. The van der Waals surface area contributed by atoms with E-state index in [1.54, 1.807) is 80.1 Å². The van der Waals surface area contributed by atoms with Crippen molar-refractivity contribution in [2.24, 2.45) is 25.0 Å². The Labute approximate surface area is 737 Å². The summed E-state index contributed by atoms with van der Waals surface area (Å²) in [6.45, 7) is 16.4. The van der Waals surface area contributed by atoms with Gasteiger partial charge in [-0.25, -0.2) is 48.9 Å². The van der Waals surface area contributed by atoms with Gasteiger partial charge in [0, 0.05) is 152 Å². The molecule has 5 aromatic carbocycles. The fourth-order valence-corrected chi connectivity index (χ4v) is 21.0. The number of thiophene rings is 3. The first kappa shape index (κ1) is 80.4. The Morgan fingerprint density at radius 3 is 1.31 bits per heavy atom. The molecule has 20 heterocycles. The van der Waals surface area contributed by atoms with Crippen LogP contribution in [0.15, 0.2) is 232 Å². The lowest BCUT2D eigenvalue weighted by Gasteiger charge is -2.30. The second-order valence-corrected chi connectivity index (χ2v) is 36.6. The van der Waals surface area contributed by atoms with E-state index < -0.39 is 28.0 Å². The topological polar surface area (TPSA) is 351 Å². The number of carbonyl (C=O) groups is 5. The minimum Gasteiger partial charge on any atom is -0.374 e. The number of benzene rings is 5. The molecule has 5 N–H and O–H groups in total. The smallest absolute Gasteiger partial charge is 0.204 e. The molecule has 632 valence electrons. The Balaban J connectivity index is 0.0000000967. The van der Waals surface area contributed by atoms with Gasteiger partial charge in [-0.15, -0.1) is 22.7 Å². The van der Waals surface area contributed by atoms with Crippen molar-refractivity contribution in [3.8, 4) is 0 Å². The molecular weight excluding hydrogens is 1660 g/mol. The maximum atomic E-state index is 13.1. The van der Waals surface area contributed by atoms with Gasteiger partial charge >= 0.3 is 0 Å². The van der Waals surface area contributed by atoms with E-state index in [4.69, 9.17) is 9.98 Å². The predicted octanol–water partition coefficient (Wildman–Crippen LogP) is 15.4. The van der Waals surface area contributed by atoms with E-state index in [0.29, 0.717) is 156 Å². The zero-order chi connectivity index (χ0) is 87.6. The van der Waals surface area contributed by atoms with E-state index in [1.165, 1.54) is 6.33 Å². The third-order valence-corrected chi connectivity index (χ3v) is 28.5. The maximum absolute atomic E-state index is 13.1. The van der Waals surface area contributed by atoms with Gasteiger partial charge in [-0.3, -0.25) is 29.0 Å². The van der Waals surface area contributed by atoms with Crippen LogP contribution >= 0.6 is 34.0 Å². The van der Waals surface area contributed by atoms with Gasteiger partial charge in [-0.1, -0.05) is 52.3 Å². The molecule has 31 heteroatoms. The number of fused-ring (bicyclic) bond motifs is 15. The number of aliphatic imine (C=N–C) groups is 5. The predicted molar refractivity (Wildman–Crippen MR) is 494 cm³/mol. The molecule has 28 nitrogen and oxygen atoms in total. The average Bonchev–Trinajstić information content (AvgIpc) is 1.62. The van der Waals surface area contributed by atoms with Crippen molar-refractivity contribution in [3.05, 3.63) is 273 Å². The molecule has 0 amide bonds. The van der Waals surface area contributed by atoms with Gasteiger partial charge in [0.1, 0.15) is 33.5 Å². The van der Waals surface area contributed by atoms with Crippen molar-refractivity contribution in [2.45, 2.75) is 109 Å². The molecule has 0 saturated carbocycles. The maximum Gasteiger partial charge on any atom is 0.204 e. The Morgan fingerprint density at radius 2 is 0.795 bits per heavy atom. The molecule has 10 aliphatic heterocycles. The molecular formula is C96H80N18O10S3. The van der Waals surface area contributed by atoms with Gasteiger partial charge < -0.3 is 50.0 Å². The van der Waals surface area contributed by atoms with Crippen LogP contribution in [0.4, 0.5) is 55.5 Å². The number of aryl methyl sites for hydroxylation is 7. The molecule has 5 atom stereocenters. The Morgan fingerprint density at radius 1 is 0.354 bits per heavy atom. The first-order valence-electron chi connectivity index (χ1n) is 41.6. The van der Waals surface area contributed by atoms with Crippen LogP contribution in [-0.2, 0) is 0 Å². The Kier molecular flexibility index (Phi) is 19.0. The zero-order valence-corrected chi connectivity index (χ0v) is 72.2. The molecule has 0 unspecified atom stereocenters. The van der Waals surface area contributed by atoms with Crippen molar-refractivity contribution in [1.82, 2.24) is 39.2 Å². The summed E-state index contributed by atoms with van der Waals surface area (Å²) in [5.74, 6) is 0.787. The summed E-state index contributed by atoms with van der Waals surface area (Å²) in [4.78, 5) is 117. The average molecular weight is 1740 g/mol. The molecule has 127 heavy (non-hydrogen) atoms. The lowest BCUT2D eigenvalue weighted by atomic mass is 9.86. The normalized spacial score (nSPS) is 21.9. The van der Waals surface area contributed by atoms with Crippen LogP contribution in [0.25, 0.3) is 41.8 Å². The summed E-state index contributed by atoms with van der Waals surface area (Å²) >= 11 is 4.73. The van der Waals surface area contributed by atoms with Crippen LogP contribution in [0.5, 0.6) is 0 Å². The SMILES string of the molecule is Cc1cc2c(cc1C)C(=O)[C@]1(O)CCN(c3ccn4nccc4c3)C1=N2.Cc1cc2c(cc1C)C(=O)[C@]1(O)CCN(c3cnc4sccc4c3)C1=N2.Cc1ccc2c(c1)C(=O)[C@]1(O)CCN(c3cc4cccnc4s3)C1=N2.Cc1ccc2c(c1)C(=O)[C@]1(O)CCN(c3cc4ncccc4s3)C1=N2.Cc1ccc2c(c1)C(=O)[C@]1(O)CCN(c3ccn4ncnc4c3)C1=N2. The van der Waals surface area contributed by atoms with E-state index in [9.17, 15) is 49.5 Å². The van der Waals surface area contributed by atoms with Crippen LogP contribution in [0, 0.1) is 48.5 Å². The standard InChI is InChI=1S/C20H18N4O2.C20H17N3O2S.2C19H15N3O2S.C18H15N5O2/c1-12-9-16-17(10-13(12)2)22-19-20(26,18(16)25)5-8-23(19)14-4-7-24-15(11-14)3-6-21-24;1-11-7-15-16(8-12(11)2)22-19-20(25,17(15)24)4-5-23(19)14-9-13-3-6-26-18(13)21-10-14;1-11-4-5-13-12(9-11)17(23)19(24)6-8-22(18(19)21-13)16-10-14-15(25-16)3-2-7-20-14;1-11-4-5-14-13(9-11)16(23)19(24)6-8-22(18(19)21-14)15-10-12-3-2-7-20-17(12)25-15;1-11-2-3-14-13(8-11)16(24)18(25)5-7-22(17(18)21-14)12-4-6-23-15(9-12)19-10-20-23/h3-4,6-7,9-11,26H,5,8H2,1-2H3;3,6-10,25H,4-5H2,1-2H3;2*2-5,7,9-10,24H,6,8H2,1H3;2-4,6,8-10,25H,5,7H2,1H3/t2*20-;2*19-;18-/m11111/s1. The van der Waals surface area contributed by atoms with Crippen LogP contribution in [-0.4, -0.2) is 184 Å². The first-order chi connectivity index (χ1) is 61.1. The summed E-state index contributed by atoms with van der Waals surface area (Å²) < 4.78 is 4.52. The molecule has 0 aliphatic carbocycles. The van der Waals surface area contributed by atoms with Crippen LogP contribution in [0.3, 0.4) is 0 Å². The van der Waals surface area contributed by atoms with Gasteiger partial charge in [0.2, 0.25) is 28.9 Å². The molecule has 0 bridgehead atoms. The highest BCUT2D eigenvalue weighted by atomic mass is 32.1. The van der Waals surface area contributed by atoms with E-state index in [-0.39, 0.29) is 28.9 Å². The van der Waals surface area contributed by atoms with Crippen LogP contribution in [0.2, 0.25) is 0 Å². The zero-order valence-electron chi connectivity index (χ0n) is 69.8. The van der Waals surface area contributed by atoms with Gasteiger partial charge in [0.15, 0.2) is 45.3 Å². The fourth-order valence-electron chi connectivity index (χ4n) is 18.2. The molecule has 5 saturated heterocycles. The highest BCUT2D eigenvalue weighted by Gasteiger charge is 2.58. The number of ketones is 5. The lowest BCUT2D eigenvalue weighted by molar-refractivity contribution is 0.0600. The highest BCUT2D eigenvalue weighted by Crippen LogP contribution is 2.49. The third-order valence-electron chi connectivity index (χ3n) is 25.5. The second-order valence-electron chi connectivity index (χ2n) is 33.6. The van der Waals surface area contributed by atoms with E-state index in [0.717, 1.165) is 102 Å². The van der Waals surface area contributed by atoms with E-state index in [2.05, 4.69) is 45.1 Å². The number of hydrogen-bond acceptors (Lipinski definition) is 29. The molecule has 5 fully saturated rings. The van der Waals surface area contributed by atoms with Crippen LogP contribution < -0.4 is 24.5 Å². The van der Waals surface area contributed by atoms with Crippen molar-refractivity contribution >= 4 is 189 Å². The second kappa shape index (κ2) is 30.0. The molecule has 25 rings (SSSR count). The number of aliphatic hydroxyl groups is 5. The fraction of sp³-hybridized carbons (Fsp3) is 0.229. The van der Waals surface area contributed by atoms with Gasteiger partial charge in [-0.05, 0) is 203 Å². The minimum atomic E-state index is -1.57. The van der Waals surface area contributed by atoms with Gasteiger partial charge in [0.25, 0.3) is 0 Å². The number of aromatic nitrogens is 8. The van der Waals surface area contributed by atoms with Gasteiger partial charge in [-0.2, -0.15) is 10.2 Å². The molecule has 10 aliphatic rings. The largest absolute Gasteiger partial charge is 0.374 e. The summed E-state index contributed by atoms with van der Waals surface area (Å²) in [6, 6.07) is 49.7. The number of anilines is 5. The van der Waals surface area contributed by atoms with Crippen molar-refractivity contribution in [1.29, 1.82) is 0 Å². The summed E-state index contributed by atoms with van der Waals surface area (Å²) in [6.07, 6.45) is 13.9. The number of pyridine rings is 5. The van der Waals surface area contributed by atoms with Crippen molar-refractivity contribution in [2.75, 3.05) is 57.2 Å². The monoisotopic (exact) mass is 1740 g/mol. The van der Waals surface area contributed by atoms with Gasteiger partial charge in [0.05, 0.1) is 66.1 Å². The van der Waals surface area contributed by atoms with Crippen molar-refractivity contribution in [3.63, 3.8) is 0 Å².